The van der Waals surface area contributed by atoms with E-state index < -0.39 is 32.6 Å². The van der Waals surface area contributed by atoms with Crippen LogP contribution in [0.25, 0.3) is 0 Å². The van der Waals surface area contributed by atoms with E-state index in [4.69, 9.17) is 0 Å². The lowest BCUT2D eigenvalue weighted by Gasteiger charge is -2.31. The number of nitrogens with one attached hydrogen (secondary N) is 2. The molecule has 0 aliphatic heterocycles. The maximum atomic E-state index is 11.5. The molecule has 0 atom stereocenters. The molecule has 0 fully saturated rings. The molecule has 0 saturated carbocycles. The van der Waals surface area contributed by atoms with Gasteiger partial charge in [0.2, 0.25) is 11.8 Å². The van der Waals surface area contributed by atoms with Gasteiger partial charge in [0.15, 0.2) is 0 Å². The predicted molar refractivity (Wildman–Crippen MR) is 84.8 cm³/mol. The summed E-state index contributed by atoms with van der Waals surface area (Å²) in [6.07, 6.45) is 0. The van der Waals surface area contributed by atoms with Gasteiger partial charge >= 0.3 is 0 Å². The third-order valence-electron chi connectivity index (χ3n) is 3.44. The maximum Gasteiger partial charge on any atom is 0.270 e. The minimum absolute atomic E-state index is 0.0467. The van der Waals surface area contributed by atoms with Gasteiger partial charge in [-0.15, -0.1) is 0 Å². The second-order valence-corrected chi connectivity index (χ2v) is 7.76. The molecule has 0 aromatic carbocycles. The highest BCUT2D eigenvalue weighted by Gasteiger charge is 2.41. The summed E-state index contributed by atoms with van der Waals surface area (Å²) in [5, 5.41) is 5.05. The smallest absolute Gasteiger partial charge is 0.270 e. The number of carbonyl (C=O) groups is 2. The minimum Gasteiger partial charge on any atom is -0.352 e. The van der Waals surface area contributed by atoms with Crippen molar-refractivity contribution in [2.45, 2.75) is 32.4 Å². The van der Waals surface area contributed by atoms with E-state index in [2.05, 4.69) is 23.8 Å². The van der Waals surface area contributed by atoms with Crippen LogP contribution in [0.1, 0.15) is 27.7 Å². The molecule has 126 valence electrons. The Kier molecular flexibility index (Phi) is 6.98. The summed E-state index contributed by atoms with van der Waals surface area (Å²) in [6.45, 7) is 12.5. The van der Waals surface area contributed by atoms with Gasteiger partial charge in [-0.05, 0) is 27.7 Å². The van der Waals surface area contributed by atoms with Crippen LogP contribution in [0.5, 0.6) is 0 Å². The fraction of sp³-hybridized carbons (Fsp3) is 0.571. The van der Waals surface area contributed by atoms with E-state index >= 15 is 0 Å². The summed E-state index contributed by atoms with van der Waals surface area (Å²) < 4.78 is 30.9. The summed E-state index contributed by atoms with van der Waals surface area (Å²) in [7, 11) is -4.39. The molecule has 0 saturated heterocycles. The van der Waals surface area contributed by atoms with Crippen LogP contribution in [-0.2, 0) is 19.7 Å². The fourth-order valence-electron chi connectivity index (χ4n) is 1.51. The molecule has 8 heteroatoms. The van der Waals surface area contributed by atoms with E-state index in [9.17, 15) is 22.6 Å². The van der Waals surface area contributed by atoms with Crippen LogP contribution >= 0.6 is 0 Å². The first kappa shape index (κ1) is 20.3. The highest BCUT2D eigenvalue weighted by molar-refractivity contribution is 7.87. The highest BCUT2D eigenvalue weighted by Crippen LogP contribution is 2.25. The topological polar surface area (TPSA) is 113 Å². The molecular weight excluding hydrogens is 308 g/mol. The van der Waals surface area contributed by atoms with Gasteiger partial charge in [0.25, 0.3) is 10.1 Å². The fourth-order valence-corrected chi connectivity index (χ4v) is 2.10. The molecule has 0 aliphatic rings. The van der Waals surface area contributed by atoms with E-state index in [0.29, 0.717) is 0 Å². The third-order valence-corrected chi connectivity index (χ3v) is 5.10. The lowest BCUT2D eigenvalue weighted by Crippen LogP contribution is -2.50. The van der Waals surface area contributed by atoms with Crippen molar-refractivity contribution < 1.29 is 22.6 Å². The van der Waals surface area contributed by atoms with Crippen molar-refractivity contribution in [3.63, 3.8) is 0 Å². The van der Waals surface area contributed by atoms with Crippen LogP contribution in [-0.4, -0.2) is 42.6 Å². The lowest BCUT2D eigenvalue weighted by atomic mass is 9.94. The monoisotopic (exact) mass is 332 g/mol. The van der Waals surface area contributed by atoms with Crippen molar-refractivity contribution in [3.05, 3.63) is 24.3 Å². The SMILES string of the molecule is C=C(C)C(=O)NCC(CNC(=O)C(=C)C)C(C)(C)S(=O)(=O)O. The average Bonchev–Trinajstić information content (AvgIpc) is 2.35. The second-order valence-electron chi connectivity index (χ2n) is 5.76. The molecule has 0 spiro atoms. The molecule has 0 heterocycles. The van der Waals surface area contributed by atoms with Crippen molar-refractivity contribution in [3.8, 4) is 0 Å². The molecule has 0 unspecified atom stereocenters. The first-order valence-electron chi connectivity index (χ1n) is 6.65. The zero-order chi connectivity index (χ0) is 17.7. The van der Waals surface area contributed by atoms with E-state index in [1.54, 1.807) is 0 Å². The zero-order valence-corrected chi connectivity index (χ0v) is 14.2. The molecular formula is C14H24N2O5S. The molecule has 0 aromatic rings. The number of carbonyl (C=O) groups excluding carboxylic acids is 2. The van der Waals surface area contributed by atoms with Crippen LogP contribution in [0.15, 0.2) is 24.3 Å². The van der Waals surface area contributed by atoms with Gasteiger partial charge in [0.05, 0.1) is 4.75 Å². The summed E-state index contributed by atoms with van der Waals surface area (Å²) >= 11 is 0. The van der Waals surface area contributed by atoms with Gasteiger partial charge in [-0.2, -0.15) is 8.42 Å². The quantitative estimate of drug-likeness (QED) is 0.446. The van der Waals surface area contributed by atoms with Gasteiger partial charge in [-0.25, -0.2) is 0 Å². The van der Waals surface area contributed by atoms with Gasteiger partial charge in [0.1, 0.15) is 0 Å². The van der Waals surface area contributed by atoms with Crippen molar-refractivity contribution in [2.75, 3.05) is 13.1 Å². The van der Waals surface area contributed by atoms with Gasteiger partial charge in [-0.3, -0.25) is 14.1 Å². The molecule has 7 nitrogen and oxygen atoms in total. The van der Waals surface area contributed by atoms with Gasteiger partial charge < -0.3 is 10.6 Å². The zero-order valence-electron chi connectivity index (χ0n) is 13.4. The highest BCUT2D eigenvalue weighted by atomic mass is 32.2. The predicted octanol–water partition coefficient (Wildman–Crippen LogP) is 0.654. The Morgan fingerprint density at radius 3 is 1.59 bits per heavy atom. The van der Waals surface area contributed by atoms with Crippen molar-refractivity contribution in [1.29, 1.82) is 0 Å². The standard InChI is InChI=1S/C14H24N2O5S/c1-9(2)12(17)15-7-11(8-16-13(18)10(3)4)14(5,6)22(19,20)21/h11H,1,3,7-8H2,2,4-6H3,(H,15,17)(H,16,18)(H,19,20,21). The Labute approximate surface area is 131 Å². The normalized spacial score (nSPS) is 11.9. The summed E-state index contributed by atoms with van der Waals surface area (Å²) in [5.41, 5.74) is 0.545. The number of amides is 2. The largest absolute Gasteiger partial charge is 0.352 e. The lowest BCUT2D eigenvalue weighted by molar-refractivity contribution is -0.117. The molecule has 0 aliphatic carbocycles. The average molecular weight is 332 g/mol. The van der Waals surface area contributed by atoms with Crippen molar-refractivity contribution in [2.24, 2.45) is 5.92 Å². The van der Waals surface area contributed by atoms with Crippen LogP contribution in [0.3, 0.4) is 0 Å². The van der Waals surface area contributed by atoms with Crippen LogP contribution in [0, 0.1) is 5.92 Å². The molecule has 0 rings (SSSR count). The van der Waals surface area contributed by atoms with Crippen LogP contribution < -0.4 is 10.6 Å². The number of hydrogen-bond acceptors (Lipinski definition) is 4. The summed E-state index contributed by atoms with van der Waals surface area (Å²) in [4.78, 5) is 23.1. The van der Waals surface area contributed by atoms with E-state index in [-0.39, 0.29) is 24.2 Å². The third kappa shape index (κ3) is 5.61. The van der Waals surface area contributed by atoms with E-state index in [0.717, 1.165) is 0 Å². The molecule has 3 N–H and O–H groups in total. The minimum atomic E-state index is -4.39. The first-order chi connectivity index (χ1) is 9.80. The maximum absolute atomic E-state index is 11.5. The number of hydrogen-bond donors (Lipinski definition) is 3. The molecule has 0 bridgehead atoms. The van der Waals surface area contributed by atoms with E-state index in [1.165, 1.54) is 27.7 Å². The molecule has 0 radical (unpaired) electrons. The van der Waals surface area contributed by atoms with Crippen molar-refractivity contribution >= 4 is 21.9 Å². The Morgan fingerprint density at radius 2 is 1.36 bits per heavy atom. The molecule has 0 aromatic heterocycles. The van der Waals surface area contributed by atoms with Gasteiger partial charge in [0, 0.05) is 30.2 Å². The van der Waals surface area contributed by atoms with Gasteiger partial charge in [-0.1, -0.05) is 13.2 Å². The Morgan fingerprint density at radius 1 is 1.05 bits per heavy atom. The molecule has 2 amide bonds. The molecule has 22 heavy (non-hydrogen) atoms. The Balaban J connectivity index is 5.15. The second kappa shape index (κ2) is 7.55. The summed E-state index contributed by atoms with van der Waals surface area (Å²) in [5.74, 6) is -1.60. The van der Waals surface area contributed by atoms with Crippen LogP contribution in [0.2, 0.25) is 0 Å². The summed E-state index contributed by atoms with van der Waals surface area (Å²) in [6, 6.07) is 0. The van der Waals surface area contributed by atoms with E-state index in [1.807, 2.05) is 0 Å². The number of rotatable bonds is 8. The first-order valence-corrected chi connectivity index (χ1v) is 8.09. The Hall–Kier alpha value is -1.67. The Bertz CT molecular complexity index is 548. The van der Waals surface area contributed by atoms with Crippen molar-refractivity contribution in [1.82, 2.24) is 10.6 Å². The van der Waals surface area contributed by atoms with Crippen LogP contribution in [0.4, 0.5) is 0 Å².